The molecule has 0 radical (unpaired) electrons. The van der Waals surface area contributed by atoms with Gasteiger partial charge in [0.15, 0.2) is 23.8 Å². The van der Waals surface area contributed by atoms with E-state index in [4.69, 9.17) is 74.5 Å². The number of aliphatic imine (C=N–C) groups is 4. The number of rotatable bonds is 7. The van der Waals surface area contributed by atoms with Gasteiger partial charge in [-0.15, -0.1) is 0 Å². The van der Waals surface area contributed by atoms with Crippen molar-refractivity contribution in [3.63, 3.8) is 0 Å². The van der Waals surface area contributed by atoms with Crippen molar-refractivity contribution in [3.05, 3.63) is 34.6 Å². The monoisotopic (exact) mass is 781 g/mol. The molecule has 0 saturated carbocycles. The van der Waals surface area contributed by atoms with E-state index < -0.39 is 0 Å². The number of hydrogen-bond donors (Lipinski definition) is 13. The second kappa shape index (κ2) is 27.6. The van der Waals surface area contributed by atoms with E-state index >= 15 is 0 Å². The molecule has 1 aliphatic heterocycles. The van der Waals surface area contributed by atoms with E-state index in [9.17, 15) is 0 Å². The van der Waals surface area contributed by atoms with Crippen molar-refractivity contribution in [2.24, 2.45) is 42.9 Å². The van der Waals surface area contributed by atoms with E-state index in [2.05, 4.69) is 73.0 Å². The van der Waals surface area contributed by atoms with Gasteiger partial charge in [0.2, 0.25) is 29.8 Å². The molecule has 0 spiro atoms. The quantitative estimate of drug-likeness (QED) is 0.0847. The Hall–Kier alpha value is -6.10. The van der Waals surface area contributed by atoms with E-state index in [0.29, 0.717) is 33.6 Å². The van der Waals surface area contributed by atoms with Crippen LogP contribution >= 0.6 is 23.2 Å². The summed E-state index contributed by atoms with van der Waals surface area (Å²) in [4.78, 5) is 31.0. The van der Waals surface area contributed by atoms with Crippen LogP contribution in [0.4, 0.5) is 29.5 Å². The number of para-hydroxylation sites is 1. The van der Waals surface area contributed by atoms with Crippen molar-refractivity contribution in [2.75, 3.05) is 69.0 Å². The van der Waals surface area contributed by atoms with Crippen LogP contribution in [0.25, 0.3) is 0 Å². The summed E-state index contributed by atoms with van der Waals surface area (Å²) in [5.41, 5.74) is 42.1. The van der Waals surface area contributed by atoms with Gasteiger partial charge in [0.1, 0.15) is 6.33 Å². The normalized spacial score (nSPS) is 11.5. The first-order valence-corrected chi connectivity index (χ1v) is 16.6. The van der Waals surface area contributed by atoms with E-state index in [1.165, 1.54) is 36.9 Å². The van der Waals surface area contributed by atoms with Gasteiger partial charge in [0, 0.05) is 34.2 Å². The maximum Gasteiger partial charge on any atom is 0.226 e. The summed E-state index contributed by atoms with van der Waals surface area (Å²) in [6, 6.07) is 5.37. The fourth-order valence-corrected chi connectivity index (χ4v) is 3.72. The summed E-state index contributed by atoms with van der Waals surface area (Å²) in [5.74, 6) is 1.80. The maximum atomic E-state index is 7.05. The van der Waals surface area contributed by atoms with Gasteiger partial charge in [-0.25, -0.2) is 10.1 Å². The zero-order valence-corrected chi connectivity index (χ0v) is 31.8. The first-order valence-electron chi connectivity index (χ1n) is 15.9. The molecule has 25 heteroatoms. The number of nitrogens with two attached hydrogens (primary N) is 8. The minimum Gasteiger partial charge on any atom is -0.370 e. The van der Waals surface area contributed by atoms with Gasteiger partial charge in [-0.3, -0.25) is 25.7 Å². The highest BCUT2D eigenvalue weighted by Gasteiger charge is 2.10. The molecule has 0 saturated heterocycles. The number of aromatic amines is 1. The Balaban J connectivity index is 0.000000659. The Morgan fingerprint density at radius 3 is 1.91 bits per heavy atom. The highest BCUT2D eigenvalue weighted by Crippen LogP contribution is 2.29. The molecule has 0 fully saturated rings. The Bertz CT molecular complexity index is 1510. The zero-order chi connectivity index (χ0) is 40.2. The number of hydrogen-bond acceptors (Lipinski definition) is 15. The second-order valence-corrected chi connectivity index (χ2v) is 11.1. The molecule has 53 heavy (non-hydrogen) atoms. The third-order valence-electron chi connectivity index (χ3n) is 5.70. The zero-order valence-electron chi connectivity index (χ0n) is 30.3. The lowest BCUT2D eigenvalue weighted by molar-refractivity contribution is 0.609. The molecular formula is C28H53Cl2N23. The van der Waals surface area contributed by atoms with E-state index in [-0.39, 0.29) is 29.8 Å². The summed E-state index contributed by atoms with van der Waals surface area (Å²) in [6.45, 7) is 4.58. The number of halogens is 2. The number of nitrogens with one attached hydrogen (secondary N) is 5. The summed E-state index contributed by atoms with van der Waals surface area (Å²) >= 11 is 12.0. The Kier molecular flexibility index (Phi) is 24.4. The lowest BCUT2D eigenvalue weighted by atomic mass is 10.2. The third kappa shape index (κ3) is 24.7. The molecule has 1 aromatic carbocycles. The molecular weight excluding hydrogens is 729 g/mol. The standard InChI is InChI=1S/C10H23N5.C9H9Cl2N3.C4H11N5.C3H6N6.C2H4N4/c1-3-4-5-6-7-8-14-10(12)15-9(11)13-2;10-6-2-1-3-7(11)8(6)14-9-12-4-5-13-9;1-9(2)4(7)8-3(5)6;4-1-7-2(5)9-3(6)8-1;3-2-4-1-5-6-2/h3-8H2,1-2H3,(H5,11,12,13,14,15);1-3H,4-5H2,(H2,12,13,14);1-2H3,(H5,5,6,7,8);(H6,4,5,6,7,8,9);1H,(H3,3,4,5,6). The van der Waals surface area contributed by atoms with Crippen LogP contribution in [0.2, 0.25) is 10.0 Å². The number of nitrogens with zero attached hydrogens (tertiary/aromatic N) is 10. The Morgan fingerprint density at radius 1 is 0.925 bits per heavy atom. The van der Waals surface area contributed by atoms with Crippen LogP contribution in [0.15, 0.2) is 44.5 Å². The predicted molar refractivity (Wildman–Crippen MR) is 217 cm³/mol. The fourth-order valence-electron chi connectivity index (χ4n) is 3.22. The number of unbranched alkanes of at least 4 members (excludes halogenated alkanes) is 4. The van der Waals surface area contributed by atoms with Gasteiger partial charge in [-0.1, -0.05) is 61.9 Å². The highest BCUT2D eigenvalue weighted by molar-refractivity contribution is 6.39. The molecule has 3 aromatic rings. The molecule has 0 unspecified atom stereocenters. The van der Waals surface area contributed by atoms with Crippen molar-refractivity contribution < 1.29 is 0 Å². The van der Waals surface area contributed by atoms with Gasteiger partial charge in [0.25, 0.3) is 0 Å². The maximum absolute atomic E-state index is 7.05. The van der Waals surface area contributed by atoms with Crippen LogP contribution in [-0.2, 0) is 0 Å². The SMILES string of the molecule is CCCCCCCN=C(N)NC(N)=NC.CN(C)C(=N)N=C(N)N.Clc1cccc(Cl)c1NC1=NCCN1.Nc1nc(N)nc(N)n1.Nc1ncn[nH]1. The first-order chi connectivity index (χ1) is 25.1. The summed E-state index contributed by atoms with van der Waals surface area (Å²) in [7, 11) is 4.98. The topological polar surface area (TPSA) is 401 Å². The lowest BCUT2D eigenvalue weighted by Gasteiger charge is -2.09. The van der Waals surface area contributed by atoms with Crippen LogP contribution < -0.4 is 61.8 Å². The third-order valence-corrected chi connectivity index (χ3v) is 6.33. The molecule has 0 aliphatic carbocycles. The van der Waals surface area contributed by atoms with Crippen LogP contribution in [0.5, 0.6) is 0 Å². The van der Waals surface area contributed by atoms with Crippen molar-refractivity contribution in [1.29, 1.82) is 5.41 Å². The second-order valence-electron chi connectivity index (χ2n) is 10.3. The predicted octanol–water partition coefficient (Wildman–Crippen LogP) is -0.0686. The smallest absolute Gasteiger partial charge is 0.226 e. The lowest BCUT2D eigenvalue weighted by Crippen LogP contribution is -2.41. The molecule has 0 bridgehead atoms. The number of nitrogen functional groups attached to an aromatic ring is 4. The van der Waals surface area contributed by atoms with E-state index in [1.807, 2.05) is 0 Å². The number of anilines is 5. The summed E-state index contributed by atoms with van der Waals surface area (Å²) < 4.78 is 0. The van der Waals surface area contributed by atoms with Gasteiger partial charge >= 0.3 is 0 Å². The number of guanidine groups is 5. The molecule has 21 N–H and O–H groups in total. The fraction of sp³-hybridized carbons (Fsp3) is 0.429. The largest absolute Gasteiger partial charge is 0.370 e. The molecule has 0 atom stereocenters. The summed E-state index contributed by atoms with van der Waals surface area (Å²) in [6.07, 6.45) is 7.48. The van der Waals surface area contributed by atoms with Crippen molar-refractivity contribution in [1.82, 2.24) is 45.7 Å². The van der Waals surface area contributed by atoms with Crippen molar-refractivity contribution in [3.8, 4) is 0 Å². The van der Waals surface area contributed by atoms with Crippen molar-refractivity contribution >= 4 is 82.5 Å². The van der Waals surface area contributed by atoms with Crippen LogP contribution in [0.3, 0.4) is 0 Å². The van der Waals surface area contributed by atoms with Crippen LogP contribution in [0, 0.1) is 5.41 Å². The molecule has 0 amide bonds. The van der Waals surface area contributed by atoms with Crippen LogP contribution in [0.1, 0.15) is 39.0 Å². The van der Waals surface area contributed by atoms with Crippen molar-refractivity contribution in [2.45, 2.75) is 39.0 Å². The average molecular weight is 783 g/mol. The van der Waals surface area contributed by atoms with Gasteiger partial charge in [-0.2, -0.15) is 25.0 Å². The minimum absolute atomic E-state index is 0.0417. The number of benzene rings is 1. The van der Waals surface area contributed by atoms with E-state index in [0.717, 1.165) is 32.0 Å². The van der Waals surface area contributed by atoms with E-state index in [1.54, 1.807) is 39.3 Å². The van der Waals surface area contributed by atoms with Gasteiger partial charge < -0.3 is 61.4 Å². The minimum atomic E-state index is -0.0892. The summed E-state index contributed by atoms with van der Waals surface area (Å²) in [5, 5.41) is 22.9. The molecule has 1 aliphatic rings. The molecule has 4 rings (SSSR count). The number of aromatic nitrogens is 6. The molecule has 23 nitrogen and oxygen atoms in total. The molecule has 2 aromatic heterocycles. The first kappa shape index (κ1) is 46.9. The van der Waals surface area contributed by atoms with Gasteiger partial charge in [0.05, 0.1) is 22.3 Å². The molecule has 294 valence electrons. The highest BCUT2D eigenvalue weighted by atomic mass is 35.5. The number of H-pyrrole nitrogens is 1. The van der Waals surface area contributed by atoms with Crippen LogP contribution in [-0.4, -0.2) is 106 Å². The molecule has 3 heterocycles. The Labute approximate surface area is 318 Å². The average Bonchev–Trinajstić information content (AvgIpc) is 3.79. The Morgan fingerprint density at radius 2 is 1.51 bits per heavy atom. The van der Waals surface area contributed by atoms with Gasteiger partial charge in [-0.05, 0) is 18.6 Å².